The SMILES string of the molecule is CC(CC1CN(C(=O)c2ccc(C(C)C)nc2)C1)OC1CCOC1. The van der Waals surface area contributed by atoms with Crippen LogP contribution in [0, 0.1) is 5.92 Å². The molecule has 5 nitrogen and oxygen atoms in total. The number of hydrogen-bond acceptors (Lipinski definition) is 4. The molecule has 1 aromatic rings. The molecule has 2 aliphatic rings. The van der Waals surface area contributed by atoms with E-state index in [1.165, 1.54) is 0 Å². The van der Waals surface area contributed by atoms with Gasteiger partial charge in [0.05, 0.1) is 24.4 Å². The number of ether oxygens (including phenoxy) is 2. The molecule has 2 fully saturated rings. The molecular weight excluding hydrogens is 304 g/mol. The van der Waals surface area contributed by atoms with Gasteiger partial charge in [0, 0.05) is 31.6 Å². The van der Waals surface area contributed by atoms with Crippen LogP contribution < -0.4 is 0 Å². The van der Waals surface area contributed by atoms with Crippen LogP contribution in [0.5, 0.6) is 0 Å². The van der Waals surface area contributed by atoms with Gasteiger partial charge in [0.25, 0.3) is 5.91 Å². The Labute approximate surface area is 144 Å². The highest BCUT2D eigenvalue weighted by Crippen LogP contribution is 2.25. The molecule has 2 aliphatic heterocycles. The molecule has 5 heteroatoms. The van der Waals surface area contributed by atoms with Crippen molar-refractivity contribution in [1.29, 1.82) is 0 Å². The molecule has 3 heterocycles. The second kappa shape index (κ2) is 7.62. The molecule has 0 aliphatic carbocycles. The van der Waals surface area contributed by atoms with Gasteiger partial charge in [0.2, 0.25) is 0 Å². The zero-order valence-corrected chi connectivity index (χ0v) is 14.9. The standard InChI is InChI=1S/C19H28N2O3/c1-13(2)18-5-4-16(9-20-18)19(22)21-10-15(11-21)8-14(3)24-17-6-7-23-12-17/h4-5,9,13-15,17H,6-8,10-12H2,1-3H3. The van der Waals surface area contributed by atoms with Gasteiger partial charge in [-0.2, -0.15) is 0 Å². The van der Waals surface area contributed by atoms with Crippen LogP contribution in [0.1, 0.15) is 55.6 Å². The third-order valence-electron chi connectivity index (χ3n) is 4.85. The molecule has 0 bridgehead atoms. The lowest BCUT2D eigenvalue weighted by Gasteiger charge is -2.40. The number of likely N-dealkylation sites (tertiary alicyclic amines) is 1. The second-order valence-corrected chi connectivity index (χ2v) is 7.37. The average Bonchev–Trinajstić information content (AvgIpc) is 3.02. The van der Waals surface area contributed by atoms with Crippen LogP contribution in [0.2, 0.25) is 0 Å². The summed E-state index contributed by atoms with van der Waals surface area (Å²) in [4.78, 5) is 18.7. The first-order valence-electron chi connectivity index (χ1n) is 9.01. The molecule has 2 saturated heterocycles. The molecule has 2 unspecified atom stereocenters. The normalized spacial score (nSPS) is 22.7. The van der Waals surface area contributed by atoms with Gasteiger partial charge in [0.1, 0.15) is 0 Å². The Bertz CT molecular complexity index is 546. The molecule has 0 spiro atoms. The van der Waals surface area contributed by atoms with Crippen molar-refractivity contribution in [1.82, 2.24) is 9.88 Å². The van der Waals surface area contributed by atoms with Crippen molar-refractivity contribution in [3.05, 3.63) is 29.6 Å². The van der Waals surface area contributed by atoms with Crippen molar-refractivity contribution in [3.8, 4) is 0 Å². The summed E-state index contributed by atoms with van der Waals surface area (Å²) in [6.45, 7) is 9.50. The van der Waals surface area contributed by atoms with E-state index in [4.69, 9.17) is 9.47 Å². The number of carbonyl (C=O) groups excluding carboxylic acids is 1. The van der Waals surface area contributed by atoms with E-state index >= 15 is 0 Å². The number of carbonyl (C=O) groups is 1. The van der Waals surface area contributed by atoms with E-state index in [2.05, 4.69) is 25.8 Å². The highest BCUT2D eigenvalue weighted by atomic mass is 16.5. The summed E-state index contributed by atoms with van der Waals surface area (Å²) in [7, 11) is 0. The lowest BCUT2D eigenvalue weighted by atomic mass is 9.93. The summed E-state index contributed by atoms with van der Waals surface area (Å²) in [5.74, 6) is 1.01. The van der Waals surface area contributed by atoms with Crippen LogP contribution in [-0.2, 0) is 9.47 Å². The number of amides is 1. The van der Waals surface area contributed by atoms with Crippen LogP contribution in [0.3, 0.4) is 0 Å². The van der Waals surface area contributed by atoms with Gasteiger partial charge in [-0.15, -0.1) is 0 Å². The van der Waals surface area contributed by atoms with Crippen molar-refractivity contribution in [2.45, 2.75) is 51.7 Å². The highest BCUT2D eigenvalue weighted by Gasteiger charge is 2.33. The first-order chi connectivity index (χ1) is 11.5. The third kappa shape index (κ3) is 4.14. The average molecular weight is 332 g/mol. The fourth-order valence-corrected chi connectivity index (χ4v) is 3.41. The third-order valence-corrected chi connectivity index (χ3v) is 4.85. The molecule has 1 amide bonds. The molecule has 3 rings (SSSR count). The predicted molar refractivity (Wildman–Crippen MR) is 92.1 cm³/mol. The Morgan fingerprint density at radius 1 is 1.38 bits per heavy atom. The topological polar surface area (TPSA) is 51.7 Å². The molecule has 0 aromatic carbocycles. The van der Waals surface area contributed by atoms with Gasteiger partial charge in [-0.25, -0.2) is 0 Å². The zero-order chi connectivity index (χ0) is 17.1. The molecular formula is C19H28N2O3. The fourth-order valence-electron chi connectivity index (χ4n) is 3.41. The van der Waals surface area contributed by atoms with E-state index in [1.54, 1.807) is 6.20 Å². The molecule has 24 heavy (non-hydrogen) atoms. The van der Waals surface area contributed by atoms with Crippen molar-refractivity contribution in [3.63, 3.8) is 0 Å². The molecule has 1 aromatic heterocycles. The van der Waals surface area contributed by atoms with Gasteiger partial charge >= 0.3 is 0 Å². The lowest BCUT2D eigenvalue weighted by molar-refractivity contribution is -0.0308. The van der Waals surface area contributed by atoms with Crippen LogP contribution >= 0.6 is 0 Å². The maximum Gasteiger partial charge on any atom is 0.255 e. The van der Waals surface area contributed by atoms with E-state index in [9.17, 15) is 4.79 Å². The fraction of sp³-hybridized carbons (Fsp3) is 0.684. The maximum absolute atomic E-state index is 12.5. The first kappa shape index (κ1) is 17.4. The number of nitrogens with zero attached hydrogens (tertiary/aromatic N) is 2. The van der Waals surface area contributed by atoms with Crippen molar-refractivity contribution in [2.75, 3.05) is 26.3 Å². The summed E-state index contributed by atoms with van der Waals surface area (Å²) < 4.78 is 11.3. The Morgan fingerprint density at radius 3 is 2.75 bits per heavy atom. The van der Waals surface area contributed by atoms with Gasteiger partial charge in [-0.05, 0) is 43.7 Å². The lowest BCUT2D eigenvalue weighted by Crippen LogP contribution is -2.51. The number of pyridine rings is 1. The van der Waals surface area contributed by atoms with Crippen molar-refractivity contribution < 1.29 is 14.3 Å². The molecule has 0 saturated carbocycles. The molecule has 2 atom stereocenters. The second-order valence-electron chi connectivity index (χ2n) is 7.37. The van der Waals surface area contributed by atoms with Crippen molar-refractivity contribution >= 4 is 5.91 Å². The van der Waals surface area contributed by atoms with E-state index in [0.717, 1.165) is 44.8 Å². The van der Waals surface area contributed by atoms with Gasteiger partial charge in [-0.1, -0.05) is 13.8 Å². The molecule has 132 valence electrons. The Morgan fingerprint density at radius 2 is 2.17 bits per heavy atom. The summed E-state index contributed by atoms with van der Waals surface area (Å²) >= 11 is 0. The summed E-state index contributed by atoms with van der Waals surface area (Å²) in [6.07, 6.45) is 4.19. The molecule has 0 N–H and O–H groups in total. The summed E-state index contributed by atoms with van der Waals surface area (Å²) in [6, 6.07) is 3.85. The Hall–Kier alpha value is -1.46. The van der Waals surface area contributed by atoms with Crippen molar-refractivity contribution in [2.24, 2.45) is 5.92 Å². The van der Waals surface area contributed by atoms with E-state index in [1.807, 2.05) is 17.0 Å². The van der Waals surface area contributed by atoms with E-state index < -0.39 is 0 Å². The monoisotopic (exact) mass is 332 g/mol. The summed E-state index contributed by atoms with van der Waals surface area (Å²) in [5.41, 5.74) is 1.71. The molecule has 0 radical (unpaired) electrons. The quantitative estimate of drug-likeness (QED) is 0.804. The largest absolute Gasteiger partial charge is 0.379 e. The van der Waals surface area contributed by atoms with Gasteiger partial charge in [-0.3, -0.25) is 9.78 Å². The number of rotatable bonds is 6. The van der Waals surface area contributed by atoms with E-state index in [0.29, 0.717) is 17.4 Å². The minimum Gasteiger partial charge on any atom is -0.379 e. The summed E-state index contributed by atoms with van der Waals surface area (Å²) in [5, 5.41) is 0. The highest BCUT2D eigenvalue weighted by molar-refractivity contribution is 5.94. The van der Waals surface area contributed by atoms with Crippen LogP contribution in [-0.4, -0.2) is 54.3 Å². The van der Waals surface area contributed by atoms with Crippen LogP contribution in [0.4, 0.5) is 0 Å². The zero-order valence-electron chi connectivity index (χ0n) is 14.9. The number of aromatic nitrogens is 1. The number of hydrogen-bond donors (Lipinski definition) is 0. The Kier molecular flexibility index (Phi) is 5.51. The minimum atomic E-state index is 0.0896. The van der Waals surface area contributed by atoms with Crippen LogP contribution in [0.25, 0.3) is 0 Å². The smallest absolute Gasteiger partial charge is 0.255 e. The van der Waals surface area contributed by atoms with Gasteiger partial charge in [0.15, 0.2) is 0 Å². The van der Waals surface area contributed by atoms with E-state index in [-0.39, 0.29) is 18.1 Å². The van der Waals surface area contributed by atoms with Gasteiger partial charge < -0.3 is 14.4 Å². The predicted octanol–water partition coefficient (Wildman–Crippen LogP) is 2.86. The van der Waals surface area contributed by atoms with Crippen LogP contribution in [0.15, 0.2) is 18.3 Å². The maximum atomic E-state index is 12.5. The minimum absolute atomic E-state index is 0.0896. The Balaban J connectivity index is 1.42. The first-order valence-corrected chi connectivity index (χ1v) is 9.01.